The molecule has 0 saturated carbocycles. The SMILES string of the molecule is CNCCOc1cc(OCc2ccccn2)c(C)cc1Nc1ncnc2ccccc12. The molecule has 31 heavy (non-hydrogen) atoms. The van der Waals surface area contributed by atoms with Crippen LogP contribution in [0.5, 0.6) is 11.5 Å². The van der Waals surface area contributed by atoms with Crippen molar-refractivity contribution in [3.05, 3.63) is 78.4 Å². The minimum Gasteiger partial charge on any atom is -0.490 e. The first-order valence-corrected chi connectivity index (χ1v) is 10.2. The van der Waals surface area contributed by atoms with Gasteiger partial charge in [-0.1, -0.05) is 18.2 Å². The average Bonchev–Trinajstić information content (AvgIpc) is 2.80. The van der Waals surface area contributed by atoms with Crippen molar-refractivity contribution < 1.29 is 9.47 Å². The van der Waals surface area contributed by atoms with Gasteiger partial charge < -0.3 is 20.1 Å². The highest BCUT2D eigenvalue weighted by atomic mass is 16.5. The molecular weight excluding hydrogens is 390 g/mol. The van der Waals surface area contributed by atoms with Gasteiger partial charge in [0.15, 0.2) is 0 Å². The normalized spacial score (nSPS) is 10.8. The molecule has 0 unspecified atom stereocenters. The summed E-state index contributed by atoms with van der Waals surface area (Å²) in [4.78, 5) is 13.1. The number of anilines is 2. The second-order valence-electron chi connectivity index (χ2n) is 7.04. The van der Waals surface area contributed by atoms with Crippen molar-refractivity contribution in [2.45, 2.75) is 13.5 Å². The monoisotopic (exact) mass is 415 g/mol. The van der Waals surface area contributed by atoms with E-state index in [4.69, 9.17) is 9.47 Å². The van der Waals surface area contributed by atoms with Gasteiger partial charge in [-0.3, -0.25) is 4.98 Å². The van der Waals surface area contributed by atoms with Gasteiger partial charge in [-0.15, -0.1) is 0 Å². The van der Waals surface area contributed by atoms with Crippen LogP contribution in [0.4, 0.5) is 11.5 Å². The minimum atomic E-state index is 0.390. The van der Waals surface area contributed by atoms with E-state index in [1.54, 1.807) is 12.5 Å². The maximum atomic E-state index is 6.05. The van der Waals surface area contributed by atoms with Crippen molar-refractivity contribution in [1.82, 2.24) is 20.3 Å². The predicted octanol–water partition coefficient (Wildman–Crippen LogP) is 4.25. The topological polar surface area (TPSA) is 81.2 Å². The van der Waals surface area contributed by atoms with Crippen LogP contribution < -0.4 is 20.1 Å². The Morgan fingerprint density at radius 2 is 1.77 bits per heavy atom. The van der Waals surface area contributed by atoms with E-state index in [-0.39, 0.29) is 0 Å². The van der Waals surface area contributed by atoms with Crippen LogP contribution in [-0.2, 0) is 6.61 Å². The Morgan fingerprint density at radius 1 is 0.903 bits per heavy atom. The van der Waals surface area contributed by atoms with Crippen molar-refractivity contribution in [3.8, 4) is 11.5 Å². The van der Waals surface area contributed by atoms with Crippen LogP contribution >= 0.6 is 0 Å². The number of aromatic nitrogens is 3. The van der Waals surface area contributed by atoms with Crippen LogP contribution in [-0.4, -0.2) is 35.2 Å². The van der Waals surface area contributed by atoms with Crippen LogP contribution in [0.3, 0.4) is 0 Å². The smallest absolute Gasteiger partial charge is 0.146 e. The van der Waals surface area contributed by atoms with E-state index < -0.39 is 0 Å². The minimum absolute atomic E-state index is 0.390. The van der Waals surface area contributed by atoms with E-state index in [1.807, 2.05) is 68.6 Å². The third-order valence-corrected chi connectivity index (χ3v) is 4.78. The molecule has 2 aromatic heterocycles. The summed E-state index contributed by atoms with van der Waals surface area (Å²) in [6.45, 7) is 3.65. The number of likely N-dealkylation sites (N-methyl/N-ethyl adjacent to an activating group) is 1. The number of aryl methyl sites for hydroxylation is 1. The van der Waals surface area contributed by atoms with Crippen molar-refractivity contribution >= 4 is 22.4 Å². The molecule has 0 fully saturated rings. The van der Waals surface area contributed by atoms with Crippen LogP contribution in [0, 0.1) is 6.92 Å². The molecular formula is C24H25N5O2. The summed E-state index contributed by atoms with van der Waals surface area (Å²) < 4.78 is 12.1. The van der Waals surface area contributed by atoms with Gasteiger partial charge in [0, 0.05) is 24.2 Å². The lowest BCUT2D eigenvalue weighted by atomic mass is 10.1. The first-order chi connectivity index (χ1) is 15.2. The highest BCUT2D eigenvalue weighted by Crippen LogP contribution is 2.36. The summed E-state index contributed by atoms with van der Waals surface area (Å²) in [5.41, 5.74) is 3.55. The fourth-order valence-corrected chi connectivity index (χ4v) is 3.17. The number of pyridine rings is 1. The van der Waals surface area contributed by atoms with Gasteiger partial charge >= 0.3 is 0 Å². The lowest BCUT2D eigenvalue weighted by molar-refractivity contribution is 0.291. The van der Waals surface area contributed by atoms with Gasteiger partial charge in [0.25, 0.3) is 0 Å². The molecule has 0 radical (unpaired) electrons. The molecule has 4 rings (SSSR count). The zero-order chi connectivity index (χ0) is 21.5. The highest BCUT2D eigenvalue weighted by Gasteiger charge is 2.13. The van der Waals surface area contributed by atoms with Crippen molar-refractivity contribution in [2.75, 3.05) is 25.5 Å². The van der Waals surface area contributed by atoms with E-state index in [0.717, 1.165) is 46.0 Å². The van der Waals surface area contributed by atoms with Gasteiger partial charge in [-0.05, 0) is 49.9 Å². The predicted molar refractivity (Wildman–Crippen MR) is 122 cm³/mol. The first kappa shape index (κ1) is 20.6. The molecule has 0 aliphatic carbocycles. The number of rotatable bonds is 9. The number of para-hydroxylation sites is 1. The van der Waals surface area contributed by atoms with Crippen molar-refractivity contribution in [3.63, 3.8) is 0 Å². The molecule has 0 saturated heterocycles. The molecule has 0 aliphatic rings. The molecule has 0 amide bonds. The molecule has 2 heterocycles. The van der Waals surface area contributed by atoms with E-state index in [0.29, 0.717) is 19.0 Å². The van der Waals surface area contributed by atoms with Gasteiger partial charge in [-0.2, -0.15) is 0 Å². The molecule has 7 heteroatoms. The number of hydrogen-bond acceptors (Lipinski definition) is 7. The number of fused-ring (bicyclic) bond motifs is 1. The Kier molecular flexibility index (Phi) is 6.54. The zero-order valence-corrected chi connectivity index (χ0v) is 17.6. The van der Waals surface area contributed by atoms with Crippen LogP contribution in [0.1, 0.15) is 11.3 Å². The third-order valence-electron chi connectivity index (χ3n) is 4.78. The highest BCUT2D eigenvalue weighted by molar-refractivity contribution is 5.91. The van der Waals surface area contributed by atoms with Crippen LogP contribution in [0.25, 0.3) is 10.9 Å². The standard InChI is InChI=1S/C24H25N5O2/c1-17-13-21(29-24-19-8-3-4-9-20(19)27-16-28-24)23(30-12-11-25-2)14-22(17)31-15-18-7-5-6-10-26-18/h3-10,13-14,16,25H,11-12,15H2,1-2H3,(H,27,28,29). The molecule has 0 atom stereocenters. The summed E-state index contributed by atoms with van der Waals surface area (Å²) in [5, 5.41) is 7.46. The summed E-state index contributed by atoms with van der Waals surface area (Å²) in [6.07, 6.45) is 3.32. The van der Waals surface area contributed by atoms with Crippen LogP contribution in [0.2, 0.25) is 0 Å². The Hall–Kier alpha value is -3.71. The molecule has 0 aliphatic heterocycles. The lowest BCUT2D eigenvalue weighted by Crippen LogP contribution is -2.16. The Balaban J connectivity index is 1.63. The molecule has 0 bridgehead atoms. The number of nitrogens with zero attached hydrogens (tertiary/aromatic N) is 3. The second kappa shape index (κ2) is 9.86. The second-order valence-corrected chi connectivity index (χ2v) is 7.04. The van der Waals surface area contributed by atoms with E-state index in [9.17, 15) is 0 Å². The third kappa shape index (κ3) is 5.07. The zero-order valence-electron chi connectivity index (χ0n) is 17.6. The van der Waals surface area contributed by atoms with Crippen molar-refractivity contribution in [1.29, 1.82) is 0 Å². The van der Waals surface area contributed by atoms with E-state index >= 15 is 0 Å². The number of benzene rings is 2. The lowest BCUT2D eigenvalue weighted by Gasteiger charge is -2.17. The van der Waals surface area contributed by atoms with Gasteiger partial charge in [0.2, 0.25) is 0 Å². The fourth-order valence-electron chi connectivity index (χ4n) is 3.17. The Bertz CT molecular complexity index is 1150. The maximum Gasteiger partial charge on any atom is 0.146 e. The molecule has 2 aromatic carbocycles. The summed E-state index contributed by atoms with van der Waals surface area (Å²) in [6, 6.07) is 17.6. The molecule has 158 valence electrons. The molecule has 0 spiro atoms. The maximum absolute atomic E-state index is 6.05. The largest absolute Gasteiger partial charge is 0.490 e. The molecule has 2 N–H and O–H groups in total. The Labute approximate surface area is 181 Å². The van der Waals surface area contributed by atoms with Crippen LogP contribution in [0.15, 0.2) is 67.1 Å². The number of hydrogen-bond donors (Lipinski definition) is 2. The van der Waals surface area contributed by atoms with E-state index in [1.165, 1.54) is 0 Å². The van der Waals surface area contributed by atoms with Crippen molar-refractivity contribution in [2.24, 2.45) is 0 Å². The fraction of sp³-hybridized carbons (Fsp3) is 0.208. The number of nitrogens with one attached hydrogen (secondary N) is 2. The Morgan fingerprint density at radius 3 is 2.61 bits per heavy atom. The summed E-state index contributed by atoms with van der Waals surface area (Å²) in [7, 11) is 1.89. The summed E-state index contributed by atoms with van der Waals surface area (Å²) >= 11 is 0. The summed E-state index contributed by atoms with van der Waals surface area (Å²) in [5.74, 6) is 2.17. The average molecular weight is 415 g/mol. The van der Waals surface area contributed by atoms with Gasteiger partial charge in [-0.25, -0.2) is 9.97 Å². The quantitative estimate of drug-likeness (QED) is 0.396. The number of ether oxygens (including phenoxy) is 2. The molecule has 4 aromatic rings. The molecule has 7 nitrogen and oxygen atoms in total. The van der Waals surface area contributed by atoms with E-state index in [2.05, 4.69) is 25.6 Å². The first-order valence-electron chi connectivity index (χ1n) is 10.2. The van der Waals surface area contributed by atoms with Gasteiger partial charge in [0.05, 0.1) is 16.9 Å². The van der Waals surface area contributed by atoms with Gasteiger partial charge in [0.1, 0.15) is 36.9 Å².